The lowest BCUT2D eigenvalue weighted by Crippen LogP contribution is -2.47. The van der Waals surface area contributed by atoms with Crippen molar-refractivity contribution in [3.63, 3.8) is 0 Å². The fourth-order valence-corrected chi connectivity index (χ4v) is 3.43. The Hall–Kier alpha value is -1.22. The first-order chi connectivity index (χ1) is 12.3. The highest BCUT2D eigenvalue weighted by Gasteiger charge is 2.52. The maximum Gasteiger partial charge on any atom is 0.498 e. The molecule has 1 aromatic heterocycles. The molecule has 0 aliphatic carbocycles. The quantitative estimate of drug-likeness (QED) is 0.569. The van der Waals surface area contributed by atoms with Crippen LogP contribution in [0.15, 0.2) is 12.4 Å². The second-order valence-corrected chi connectivity index (χ2v) is 8.24. The summed E-state index contributed by atoms with van der Waals surface area (Å²) in [5, 5.41) is 3.42. The van der Waals surface area contributed by atoms with E-state index in [1.54, 1.807) is 0 Å². The van der Waals surface area contributed by atoms with Crippen LogP contribution < -0.4 is 21.4 Å². The zero-order chi connectivity index (χ0) is 18.8. The predicted molar refractivity (Wildman–Crippen MR) is 105 cm³/mol. The van der Waals surface area contributed by atoms with Crippen LogP contribution in [0.1, 0.15) is 47.0 Å². The van der Waals surface area contributed by atoms with Crippen molar-refractivity contribution in [1.82, 2.24) is 15.3 Å². The van der Waals surface area contributed by atoms with Gasteiger partial charge in [0.25, 0.3) is 0 Å². The van der Waals surface area contributed by atoms with Crippen LogP contribution >= 0.6 is 0 Å². The van der Waals surface area contributed by atoms with E-state index in [-0.39, 0.29) is 11.2 Å². The maximum atomic E-state index is 6.08. The number of anilines is 1. The van der Waals surface area contributed by atoms with Gasteiger partial charge in [-0.25, -0.2) is 9.97 Å². The molecule has 3 N–H and O–H groups in total. The van der Waals surface area contributed by atoms with Crippen LogP contribution in [0.5, 0.6) is 0 Å². The van der Waals surface area contributed by atoms with Crippen LogP contribution in [0, 0.1) is 0 Å². The smallest absolute Gasteiger partial charge is 0.399 e. The van der Waals surface area contributed by atoms with Gasteiger partial charge in [-0.1, -0.05) is 0 Å². The summed E-state index contributed by atoms with van der Waals surface area (Å²) in [6.07, 6.45) is 7.25. The SMILES string of the molecule is CC1(C)OB(c2cnc(N3CCCC[C@@H]3CNCCN)nc2)OC1(C)C. The summed E-state index contributed by atoms with van der Waals surface area (Å²) < 4.78 is 12.2. The molecule has 0 radical (unpaired) electrons. The maximum absolute atomic E-state index is 6.08. The number of hydrogen-bond acceptors (Lipinski definition) is 7. The van der Waals surface area contributed by atoms with E-state index in [0.717, 1.165) is 37.5 Å². The lowest BCUT2D eigenvalue weighted by molar-refractivity contribution is 0.00578. The molecular formula is C18H32BN5O2. The lowest BCUT2D eigenvalue weighted by Gasteiger charge is -2.36. The Kier molecular flexibility index (Phi) is 5.86. The molecule has 7 nitrogen and oxygen atoms in total. The van der Waals surface area contributed by atoms with Crippen molar-refractivity contribution in [3.05, 3.63) is 12.4 Å². The van der Waals surface area contributed by atoms with Gasteiger partial charge in [0.1, 0.15) is 0 Å². The van der Waals surface area contributed by atoms with Crippen molar-refractivity contribution in [2.45, 2.75) is 64.2 Å². The monoisotopic (exact) mass is 361 g/mol. The first-order valence-electron chi connectivity index (χ1n) is 9.69. The van der Waals surface area contributed by atoms with Crippen molar-refractivity contribution < 1.29 is 9.31 Å². The summed E-state index contributed by atoms with van der Waals surface area (Å²) >= 11 is 0. The molecule has 1 aromatic rings. The van der Waals surface area contributed by atoms with E-state index in [1.807, 2.05) is 12.4 Å². The Morgan fingerprint density at radius 1 is 1.19 bits per heavy atom. The molecule has 0 spiro atoms. The number of nitrogens with one attached hydrogen (secondary N) is 1. The second-order valence-electron chi connectivity index (χ2n) is 8.24. The fourth-order valence-electron chi connectivity index (χ4n) is 3.43. The number of hydrogen-bond donors (Lipinski definition) is 2. The zero-order valence-corrected chi connectivity index (χ0v) is 16.5. The van der Waals surface area contributed by atoms with Crippen LogP contribution in [0.3, 0.4) is 0 Å². The van der Waals surface area contributed by atoms with Crippen molar-refractivity contribution in [2.75, 3.05) is 31.1 Å². The van der Waals surface area contributed by atoms with E-state index >= 15 is 0 Å². The van der Waals surface area contributed by atoms with E-state index in [4.69, 9.17) is 15.0 Å². The molecule has 144 valence electrons. The number of piperidine rings is 1. The normalized spacial score (nSPS) is 24.9. The second kappa shape index (κ2) is 7.80. The van der Waals surface area contributed by atoms with Crippen molar-refractivity contribution in [1.29, 1.82) is 0 Å². The van der Waals surface area contributed by atoms with Crippen molar-refractivity contribution in [3.8, 4) is 0 Å². The number of nitrogens with zero attached hydrogens (tertiary/aromatic N) is 3. The minimum atomic E-state index is -0.419. The number of nitrogens with two attached hydrogens (primary N) is 1. The van der Waals surface area contributed by atoms with Gasteiger partial charge in [-0.15, -0.1) is 0 Å². The minimum absolute atomic E-state index is 0.358. The molecule has 1 atom stereocenters. The van der Waals surface area contributed by atoms with Gasteiger partial charge in [-0.05, 0) is 47.0 Å². The van der Waals surface area contributed by atoms with Gasteiger partial charge in [0.15, 0.2) is 0 Å². The fraction of sp³-hybridized carbons (Fsp3) is 0.778. The Morgan fingerprint density at radius 2 is 1.85 bits per heavy atom. The Labute approximate surface area is 157 Å². The average molecular weight is 361 g/mol. The Balaban J connectivity index is 1.68. The topological polar surface area (TPSA) is 85.5 Å². The molecule has 0 unspecified atom stereocenters. The summed E-state index contributed by atoms with van der Waals surface area (Å²) in [5.74, 6) is 0.782. The zero-order valence-electron chi connectivity index (χ0n) is 16.5. The molecular weight excluding hydrogens is 329 g/mol. The van der Waals surface area contributed by atoms with Crippen molar-refractivity contribution in [2.24, 2.45) is 5.73 Å². The highest BCUT2D eigenvalue weighted by atomic mass is 16.7. The van der Waals surface area contributed by atoms with E-state index in [9.17, 15) is 0 Å². The molecule has 2 aliphatic heterocycles. The third-order valence-electron chi connectivity index (χ3n) is 5.77. The predicted octanol–water partition coefficient (Wildman–Crippen LogP) is 0.683. The van der Waals surface area contributed by atoms with Gasteiger partial charge in [0, 0.05) is 50.1 Å². The van der Waals surface area contributed by atoms with Gasteiger partial charge in [0.2, 0.25) is 5.95 Å². The third kappa shape index (κ3) is 4.03. The van der Waals surface area contributed by atoms with E-state index in [1.165, 1.54) is 12.8 Å². The summed E-state index contributed by atoms with van der Waals surface area (Å²) in [6.45, 7) is 11.6. The molecule has 2 saturated heterocycles. The van der Waals surface area contributed by atoms with Crippen LogP contribution in [0.25, 0.3) is 0 Å². The molecule has 2 aliphatic rings. The highest BCUT2D eigenvalue weighted by Crippen LogP contribution is 2.36. The van der Waals surface area contributed by atoms with Gasteiger partial charge >= 0.3 is 7.12 Å². The number of aromatic nitrogens is 2. The molecule has 26 heavy (non-hydrogen) atoms. The Bertz CT molecular complexity index is 580. The van der Waals surface area contributed by atoms with Crippen LogP contribution in [-0.4, -0.2) is 60.5 Å². The van der Waals surface area contributed by atoms with Gasteiger partial charge in [-0.2, -0.15) is 0 Å². The third-order valence-corrected chi connectivity index (χ3v) is 5.77. The van der Waals surface area contributed by atoms with Crippen LogP contribution in [0.4, 0.5) is 5.95 Å². The first-order valence-corrected chi connectivity index (χ1v) is 9.69. The molecule has 0 amide bonds. The van der Waals surface area contributed by atoms with Gasteiger partial charge in [0.05, 0.1) is 11.2 Å². The standard InChI is InChI=1S/C18H32BN5O2/c1-17(2)18(3,4)26-19(25-17)14-11-22-16(23-12-14)24-10-6-5-7-15(24)13-21-9-8-20/h11-12,15,21H,5-10,13,20H2,1-4H3/t15-/m1/s1. The highest BCUT2D eigenvalue weighted by molar-refractivity contribution is 6.61. The molecule has 8 heteroatoms. The van der Waals surface area contributed by atoms with E-state index in [2.05, 4.69) is 47.9 Å². The summed E-state index contributed by atoms with van der Waals surface area (Å²) in [7, 11) is -0.419. The summed E-state index contributed by atoms with van der Waals surface area (Å²) in [5.41, 5.74) is 5.73. The molecule has 0 bridgehead atoms. The lowest BCUT2D eigenvalue weighted by atomic mass is 9.81. The first kappa shape index (κ1) is 19.5. The van der Waals surface area contributed by atoms with Crippen molar-refractivity contribution >= 4 is 18.5 Å². The molecule has 0 aromatic carbocycles. The molecule has 3 rings (SSSR count). The van der Waals surface area contributed by atoms with Crippen LogP contribution in [-0.2, 0) is 9.31 Å². The average Bonchev–Trinajstić information content (AvgIpc) is 2.83. The molecule has 0 saturated carbocycles. The molecule has 2 fully saturated rings. The van der Waals surface area contributed by atoms with Crippen LogP contribution in [0.2, 0.25) is 0 Å². The largest absolute Gasteiger partial charge is 0.498 e. The minimum Gasteiger partial charge on any atom is -0.399 e. The number of rotatable bonds is 6. The van der Waals surface area contributed by atoms with E-state index in [0.29, 0.717) is 12.6 Å². The summed E-state index contributed by atoms with van der Waals surface area (Å²) in [4.78, 5) is 11.6. The van der Waals surface area contributed by atoms with Gasteiger partial charge < -0.3 is 25.3 Å². The Morgan fingerprint density at radius 3 is 2.46 bits per heavy atom. The molecule has 3 heterocycles. The summed E-state index contributed by atoms with van der Waals surface area (Å²) in [6, 6.07) is 0.415. The van der Waals surface area contributed by atoms with Gasteiger partial charge in [-0.3, -0.25) is 0 Å². The van der Waals surface area contributed by atoms with E-state index < -0.39 is 7.12 Å².